The van der Waals surface area contributed by atoms with E-state index in [9.17, 15) is 22.7 Å². The molecule has 1 aromatic heterocycles. The SMILES string of the molecule is CNCC(O)C(c1cccc(F)c1)n1cc(-c2cccc(C(F)(F)F)c2)c2ccccc21. The van der Waals surface area contributed by atoms with E-state index in [4.69, 9.17) is 0 Å². The lowest BCUT2D eigenvalue weighted by Gasteiger charge is -2.26. The number of halogens is 4. The van der Waals surface area contributed by atoms with Gasteiger partial charge >= 0.3 is 6.18 Å². The second-order valence-electron chi connectivity index (χ2n) is 7.67. The monoisotopic (exact) mass is 442 g/mol. The summed E-state index contributed by atoms with van der Waals surface area (Å²) in [5.41, 5.74) is 1.57. The Bertz CT molecular complexity index is 1230. The van der Waals surface area contributed by atoms with Crippen LogP contribution in [-0.2, 0) is 6.18 Å². The Morgan fingerprint density at radius 1 is 0.969 bits per heavy atom. The first kappa shape index (κ1) is 22.0. The Balaban J connectivity index is 1.93. The number of aromatic nitrogens is 1. The zero-order valence-electron chi connectivity index (χ0n) is 17.3. The van der Waals surface area contributed by atoms with Gasteiger partial charge in [0.25, 0.3) is 0 Å². The predicted octanol–water partition coefficient (Wildman–Crippen LogP) is 5.64. The molecule has 2 N–H and O–H groups in total. The molecule has 1 heterocycles. The summed E-state index contributed by atoms with van der Waals surface area (Å²) >= 11 is 0. The van der Waals surface area contributed by atoms with Crippen LogP contribution in [0.2, 0.25) is 0 Å². The quantitative estimate of drug-likeness (QED) is 0.380. The average Bonchev–Trinajstić information content (AvgIpc) is 3.13. The van der Waals surface area contributed by atoms with Gasteiger partial charge in [0.2, 0.25) is 0 Å². The number of aliphatic hydroxyl groups excluding tert-OH is 1. The van der Waals surface area contributed by atoms with Crippen molar-refractivity contribution in [3.63, 3.8) is 0 Å². The van der Waals surface area contributed by atoms with E-state index in [-0.39, 0.29) is 6.54 Å². The molecule has 0 saturated heterocycles. The van der Waals surface area contributed by atoms with Crippen LogP contribution in [0.1, 0.15) is 17.2 Å². The van der Waals surface area contributed by atoms with E-state index in [0.717, 1.165) is 23.0 Å². The van der Waals surface area contributed by atoms with Crippen LogP contribution in [0.25, 0.3) is 22.0 Å². The topological polar surface area (TPSA) is 37.2 Å². The van der Waals surface area contributed by atoms with Crippen molar-refractivity contribution in [1.82, 2.24) is 9.88 Å². The first-order chi connectivity index (χ1) is 15.3. The summed E-state index contributed by atoms with van der Waals surface area (Å²) < 4.78 is 55.7. The van der Waals surface area contributed by atoms with Crippen molar-refractivity contribution in [3.8, 4) is 11.1 Å². The van der Waals surface area contributed by atoms with E-state index in [1.54, 1.807) is 31.4 Å². The molecule has 0 aliphatic carbocycles. The van der Waals surface area contributed by atoms with Crippen molar-refractivity contribution < 1.29 is 22.7 Å². The number of likely N-dealkylation sites (N-methyl/N-ethyl adjacent to an activating group) is 1. The molecule has 2 atom stereocenters. The van der Waals surface area contributed by atoms with Crippen molar-refractivity contribution in [2.75, 3.05) is 13.6 Å². The van der Waals surface area contributed by atoms with Crippen molar-refractivity contribution in [3.05, 3.63) is 95.9 Å². The van der Waals surface area contributed by atoms with E-state index < -0.39 is 29.7 Å². The number of hydrogen-bond donors (Lipinski definition) is 2. The number of benzene rings is 3. The number of fused-ring (bicyclic) bond motifs is 1. The van der Waals surface area contributed by atoms with Gasteiger partial charge in [-0.25, -0.2) is 4.39 Å². The summed E-state index contributed by atoms with van der Waals surface area (Å²) in [5, 5.41) is 14.6. The van der Waals surface area contributed by atoms with Crippen molar-refractivity contribution in [2.24, 2.45) is 0 Å². The first-order valence-corrected chi connectivity index (χ1v) is 10.1. The summed E-state index contributed by atoms with van der Waals surface area (Å²) in [5.74, 6) is -0.432. The van der Waals surface area contributed by atoms with Gasteiger partial charge in [-0.1, -0.05) is 42.5 Å². The number of para-hydroxylation sites is 1. The third-order valence-corrected chi connectivity index (χ3v) is 5.51. The highest BCUT2D eigenvalue weighted by Crippen LogP contribution is 2.38. The van der Waals surface area contributed by atoms with Gasteiger partial charge in [-0.2, -0.15) is 13.2 Å². The van der Waals surface area contributed by atoms with Gasteiger partial charge in [0, 0.05) is 29.2 Å². The van der Waals surface area contributed by atoms with E-state index in [1.165, 1.54) is 18.2 Å². The van der Waals surface area contributed by atoms with Crippen LogP contribution in [0.5, 0.6) is 0 Å². The fraction of sp³-hybridized carbons (Fsp3) is 0.200. The third-order valence-electron chi connectivity index (χ3n) is 5.51. The number of nitrogens with one attached hydrogen (secondary N) is 1. The Morgan fingerprint density at radius 2 is 1.72 bits per heavy atom. The van der Waals surface area contributed by atoms with Crippen LogP contribution in [0.3, 0.4) is 0 Å². The highest BCUT2D eigenvalue weighted by molar-refractivity contribution is 5.96. The lowest BCUT2D eigenvalue weighted by Crippen LogP contribution is -2.33. The van der Waals surface area contributed by atoms with Gasteiger partial charge in [0.05, 0.1) is 17.7 Å². The fourth-order valence-electron chi connectivity index (χ4n) is 4.11. The average molecular weight is 442 g/mol. The third kappa shape index (κ3) is 4.26. The molecule has 0 bridgehead atoms. The lowest BCUT2D eigenvalue weighted by atomic mass is 10.0. The predicted molar refractivity (Wildman–Crippen MR) is 117 cm³/mol. The molecule has 0 spiro atoms. The molecule has 166 valence electrons. The standard InChI is InChI=1S/C25H22F4N2O/c1-30-14-23(32)24(17-7-5-9-19(26)13-17)31-15-21(20-10-2-3-11-22(20)31)16-6-4-8-18(12-16)25(27,28)29/h2-13,15,23-24,30,32H,14H2,1H3. The smallest absolute Gasteiger partial charge is 0.389 e. The Hall–Kier alpha value is -3.16. The van der Waals surface area contributed by atoms with E-state index in [0.29, 0.717) is 16.7 Å². The maximum absolute atomic E-state index is 14.0. The van der Waals surface area contributed by atoms with Crippen LogP contribution < -0.4 is 5.32 Å². The zero-order chi connectivity index (χ0) is 22.9. The summed E-state index contributed by atoms with van der Waals surface area (Å²) in [4.78, 5) is 0. The minimum Gasteiger partial charge on any atom is -0.389 e. The molecule has 0 aliphatic rings. The normalized spacial score (nSPS) is 13.9. The molecule has 0 amide bonds. The van der Waals surface area contributed by atoms with Gasteiger partial charge in [0.1, 0.15) is 5.82 Å². The Labute approximate surface area is 182 Å². The van der Waals surface area contributed by atoms with E-state index >= 15 is 0 Å². The van der Waals surface area contributed by atoms with Gasteiger partial charge < -0.3 is 15.0 Å². The second-order valence-corrected chi connectivity index (χ2v) is 7.67. The first-order valence-electron chi connectivity index (χ1n) is 10.1. The molecule has 0 saturated carbocycles. The molecular formula is C25H22F4N2O. The summed E-state index contributed by atoms with van der Waals surface area (Å²) in [7, 11) is 1.70. The molecule has 0 fully saturated rings. The highest BCUT2D eigenvalue weighted by Gasteiger charge is 2.31. The van der Waals surface area contributed by atoms with Crippen molar-refractivity contribution >= 4 is 10.9 Å². The molecule has 4 rings (SSSR count). The Kier molecular flexibility index (Phi) is 6.04. The van der Waals surface area contributed by atoms with Crippen LogP contribution in [0.15, 0.2) is 79.0 Å². The second kappa shape index (κ2) is 8.76. The van der Waals surface area contributed by atoms with Crippen LogP contribution in [-0.4, -0.2) is 29.4 Å². The van der Waals surface area contributed by atoms with E-state index in [2.05, 4.69) is 5.32 Å². The van der Waals surface area contributed by atoms with Crippen LogP contribution in [0, 0.1) is 5.82 Å². The lowest BCUT2D eigenvalue weighted by molar-refractivity contribution is -0.137. The fourth-order valence-corrected chi connectivity index (χ4v) is 4.11. The van der Waals surface area contributed by atoms with Crippen LogP contribution in [0.4, 0.5) is 17.6 Å². The highest BCUT2D eigenvalue weighted by atomic mass is 19.4. The molecule has 0 radical (unpaired) electrons. The summed E-state index contributed by atoms with van der Waals surface area (Å²) in [6.07, 6.45) is -3.64. The molecule has 2 unspecified atom stereocenters. The molecule has 3 aromatic carbocycles. The number of alkyl halides is 3. The number of hydrogen-bond acceptors (Lipinski definition) is 2. The largest absolute Gasteiger partial charge is 0.416 e. The van der Waals surface area contributed by atoms with Gasteiger partial charge in [0.15, 0.2) is 0 Å². The number of rotatable bonds is 6. The molecule has 0 aliphatic heterocycles. The molecule has 7 heteroatoms. The van der Waals surface area contributed by atoms with Crippen molar-refractivity contribution in [2.45, 2.75) is 18.3 Å². The Morgan fingerprint density at radius 3 is 2.44 bits per heavy atom. The molecule has 32 heavy (non-hydrogen) atoms. The number of aliphatic hydroxyl groups is 1. The number of nitrogens with zero attached hydrogens (tertiary/aromatic N) is 1. The van der Waals surface area contributed by atoms with Gasteiger partial charge in [-0.3, -0.25) is 0 Å². The van der Waals surface area contributed by atoms with Crippen molar-refractivity contribution in [1.29, 1.82) is 0 Å². The minimum atomic E-state index is -4.46. The molecular weight excluding hydrogens is 420 g/mol. The summed E-state index contributed by atoms with van der Waals surface area (Å²) in [6.45, 7) is 0.243. The van der Waals surface area contributed by atoms with Gasteiger partial charge in [-0.15, -0.1) is 0 Å². The maximum Gasteiger partial charge on any atom is 0.416 e. The van der Waals surface area contributed by atoms with Gasteiger partial charge in [-0.05, 0) is 48.5 Å². The summed E-state index contributed by atoms with van der Waals surface area (Å²) in [6, 6.07) is 17.8. The maximum atomic E-state index is 14.0. The molecule has 3 nitrogen and oxygen atoms in total. The van der Waals surface area contributed by atoms with Crippen LogP contribution >= 0.6 is 0 Å². The minimum absolute atomic E-state index is 0.243. The zero-order valence-corrected chi connectivity index (χ0v) is 17.3. The molecule has 4 aromatic rings. The van der Waals surface area contributed by atoms with E-state index in [1.807, 2.05) is 28.8 Å².